The van der Waals surface area contributed by atoms with Gasteiger partial charge in [-0.3, -0.25) is 14.4 Å². The molecule has 2 fully saturated rings. The number of nitrogens with zero attached hydrogens (tertiary/aromatic N) is 4. The number of nitrogens with one attached hydrogen (secondary N) is 2. The van der Waals surface area contributed by atoms with Crippen LogP contribution in [0.4, 0.5) is 5.82 Å². The van der Waals surface area contributed by atoms with E-state index in [1.807, 2.05) is 10.1 Å². The van der Waals surface area contributed by atoms with Gasteiger partial charge >= 0.3 is 0 Å². The molecule has 8 nitrogen and oxygen atoms in total. The van der Waals surface area contributed by atoms with Gasteiger partial charge in [-0.15, -0.1) is 11.3 Å². The molecule has 0 spiro atoms. The number of likely N-dealkylation sites (tertiary alicyclic amines) is 1. The number of benzene rings is 1. The van der Waals surface area contributed by atoms with E-state index in [-0.39, 0.29) is 18.5 Å². The number of hydrogen-bond donors (Lipinski definition) is 3. The zero-order chi connectivity index (χ0) is 23.0. The molecule has 1 aromatic carbocycles. The smallest absolute Gasteiger partial charge is 0.239 e. The lowest BCUT2D eigenvalue weighted by molar-refractivity contribution is -0.121. The third kappa shape index (κ3) is 4.49. The summed E-state index contributed by atoms with van der Waals surface area (Å²) in [4.78, 5) is 19.3. The van der Waals surface area contributed by atoms with Gasteiger partial charge in [-0.05, 0) is 51.7 Å². The Morgan fingerprint density at radius 3 is 2.79 bits per heavy atom. The molecule has 5 rings (SSSR count). The molecule has 1 aliphatic carbocycles. The Kier molecular flexibility index (Phi) is 6.11. The lowest BCUT2D eigenvalue weighted by Crippen LogP contribution is -2.63. The maximum absolute atomic E-state index is 12.5. The number of aliphatic hydroxyl groups is 1. The number of hydrogen-bond acceptors (Lipinski definition) is 7. The van der Waals surface area contributed by atoms with Gasteiger partial charge in [-0.2, -0.15) is 5.10 Å². The van der Waals surface area contributed by atoms with Gasteiger partial charge in [0, 0.05) is 42.6 Å². The van der Waals surface area contributed by atoms with E-state index in [1.54, 1.807) is 6.20 Å². The lowest BCUT2D eigenvalue weighted by Gasteiger charge is -2.47. The van der Waals surface area contributed by atoms with Crippen LogP contribution in [0.1, 0.15) is 43.2 Å². The van der Waals surface area contributed by atoms with Crippen molar-refractivity contribution in [1.82, 2.24) is 25.0 Å². The summed E-state index contributed by atoms with van der Waals surface area (Å²) in [5, 5.41) is 25.7. The zero-order valence-corrected chi connectivity index (χ0v) is 20.1. The summed E-state index contributed by atoms with van der Waals surface area (Å²) in [6, 6.07) is 6.94. The first-order valence-corrected chi connectivity index (χ1v) is 12.7. The monoisotopic (exact) mass is 468 g/mol. The fourth-order valence-corrected chi connectivity index (χ4v) is 5.92. The molecule has 2 aliphatic rings. The number of fused-ring (bicyclic) bond motifs is 1. The largest absolute Gasteiger partial charge is 0.383 e. The van der Waals surface area contributed by atoms with Crippen LogP contribution < -0.4 is 10.6 Å². The van der Waals surface area contributed by atoms with Crippen LogP contribution in [0.3, 0.4) is 0 Å². The standard InChI is InChI=1S/C24H32N6O2S/c1-3-30-20-5-4-16(2)12-19(20)22(28-30)26-13-21(31)27-17-14-29(15-17)18-6-8-24(32,9-7-18)23-25-10-11-33-23/h4-5,10-12,17-18,32H,3,6-9,13-15H2,1-2H3,(H,26,28)(H,27,31). The van der Waals surface area contributed by atoms with E-state index < -0.39 is 5.60 Å². The van der Waals surface area contributed by atoms with Gasteiger partial charge in [0.25, 0.3) is 0 Å². The topological polar surface area (TPSA) is 95.3 Å². The fraction of sp³-hybridized carbons (Fsp3) is 0.542. The van der Waals surface area contributed by atoms with Gasteiger partial charge in [0.05, 0.1) is 18.1 Å². The highest BCUT2D eigenvalue weighted by molar-refractivity contribution is 7.09. The third-order valence-electron chi connectivity index (χ3n) is 7.03. The van der Waals surface area contributed by atoms with E-state index in [1.165, 1.54) is 16.9 Å². The fourth-order valence-electron chi connectivity index (χ4n) is 5.12. The quantitative estimate of drug-likeness (QED) is 0.494. The number of anilines is 1. The summed E-state index contributed by atoms with van der Waals surface area (Å²) >= 11 is 1.54. The van der Waals surface area contributed by atoms with Crippen molar-refractivity contribution in [3.8, 4) is 0 Å². The van der Waals surface area contributed by atoms with Crippen molar-refractivity contribution in [2.45, 2.75) is 63.8 Å². The molecular weight excluding hydrogens is 436 g/mol. The zero-order valence-electron chi connectivity index (χ0n) is 19.3. The summed E-state index contributed by atoms with van der Waals surface area (Å²) in [7, 11) is 0. The van der Waals surface area contributed by atoms with E-state index in [9.17, 15) is 9.90 Å². The SMILES string of the molecule is CCn1nc(NCC(=O)NC2CN(C3CCC(O)(c4nccs4)CC3)C2)c2cc(C)ccc21. The number of aromatic nitrogens is 3. The molecule has 1 saturated heterocycles. The van der Waals surface area contributed by atoms with Gasteiger partial charge in [-0.25, -0.2) is 4.98 Å². The highest BCUT2D eigenvalue weighted by atomic mass is 32.1. The Balaban J connectivity index is 1.08. The highest BCUT2D eigenvalue weighted by Gasteiger charge is 2.41. The molecule has 2 aromatic heterocycles. The van der Waals surface area contributed by atoms with Crippen LogP contribution in [0.25, 0.3) is 10.9 Å². The minimum absolute atomic E-state index is 0.00621. The molecule has 1 saturated carbocycles. The number of carbonyl (C=O) groups excluding carboxylic acids is 1. The summed E-state index contributed by atoms with van der Waals surface area (Å²) < 4.78 is 1.96. The normalized spacial score (nSPS) is 24.0. The van der Waals surface area contributed by atoms with Gasteiger partial charge < -0.3 is 15.7 Å². The van der Waals surface area contributed by atoms with Crippen molar-refractivity contribution < 1.29 is 9.90 Å². The van der Waals surface area contributed by atoms with Crippen LogP contribution in [0.2, 0.25) is 0 Å². The summed E-state index contributed by atoms with van der Waals surface area (Å²) in [6.07, 6.45) is 5.19. The first kappa shape index (κ1) is 22.3. The Morgan fingerprint density at radius 2 is 2.09 bits per heavy atom. The van der Waals surface area contributed by atoms with Crippen LogP contribution in [-0.4, -0.2) is 62.4 Å². The molecule has 1 amide bonds. The summed E-state index contributed by atoms with van der Waals surface area (Å²) in [5.41, 5.74) is 1.49. The van der Waals surface area contributed by atoms with Crippen LogP contribution in [0.5, 0.6) is 0 Å². The van der Waals surface area contributed by atoms with Crippen LogP contribution in [0.15, 0.2) is 29.8 Å². The molecule has 9 heteroatoms. The maximum Gasteiger partial charge on any atom is 0.239 e. The van der Waals surface area contributed by atoms with Gasteiger partial charge in [-0.1, -0.05) is 11.6 Å². The highest BCUT2D eigenvalue weighted by Crippen LogP contribution is 2.40. The molecule has 3 N–H and O–H groups in total. The van der Waals surface area contributed by atoms with E-state index in [4.69, 9.17) is 0 Å². The van der Waals surface area contributed by atoms with Gasteiger partial charge in [0.15, 0.2) is 5.82 Å². The molecule has 3 aromatic rings. The second-order valence-electron chi connectivity index (χ2n) is 9.36. The predicted molar refractivity (Wildman–Crippen MR) is 130 cm³/mol. The average molecular weight is 469 g/mol. The third-order valence-corrected chi connectivity index (χ3v) is 7.99. The molecule has 176 valence electrons. The van der Waals surface area contributed by atoms with Crippen molar-refractivity contribution in [2.75, 3.05) is 25.0 Å². The minimum atomic E-state index is -0.762. The Labute approximate surface area is 198 Å². The lowest BCUT2D eigenvalue weighted by atomic mass is 9.81. The first-order chi connectivity index (χ1) is 15.9. The summed E-state index contributed by atoms with van der Waals surface area (Å²) in [6.45, 7) is 6.88. The van der Waals surface area contributed by atoms with Crippen LogP contribution >= 0.6 is 11.3 Å². The molecular formula is C24H32N6O2S. The molecule has 0 bridgehead atoms. The molecule has 1 aliphatic heterocycles. The second-order valence-corrected chi connectivity index (χ2v) is 10.3. The van der Waals surface area contributed by atoms with Gasteiger partial charge in [0.2, 0.25) is 5.91 Å². The average Bonchev–Trinajstić information content (AvgIpc) is 3.44. The maximum atomic E-state index is 12.5. The molecule has 3 heterocycles. The van der Waals surface area contributed by atoms with Crippen molar-refractivity contribution in [3.05, 3.63) is 40.3 Å². The molecule has 0 radical (unpaired) electrons. The van der Waals surface area contributed by atoms with Gasteiger partial charge in [0.1, 0.15) is 10.6 Å². The van der Waals surface area contributed by atoms with E-state index in [0.717, 1.165) is 67.0 Å². The van der Waals surface area contributed by atoms with Crippen LogP contribution in [-0.2, 0) is 16.9 Å². The van der Waals surface area contributed by atoms with Crippen LogP contribution in [0, 0.1) is 6.92 Å². The first-order valence-electron chi connectivity index (χ1n) is 11.8. The molecule has 0 atom stereocenters. The molecule has 33 heavy (non-hydrogen) atoms. The number of aryl methyl sites for hydroxylation is 2. The number of carbonyl (C=O) groups is 1. The van der Waals surface area contributed by atoms with Crippen molar-refractivity contribution in [2.24, 2.45) is 0 Å². The van der Waals surface area contributed by atoms with Crippen molar-refractivity contribution >= 4 is 34.0 Å². The van der Waals surface area contributed by atoms with Crippen molar-refractivity contribution in [3.63, 3.8) is 0 Å². The Bertz CT molecular complexity index is 1110. The molecule has 0 unspecified atom stereocenters. The number of amides is 1. The minimum Gasteiger partial charge on any atom is -0.383 e. The number of thiazole rings is 1. The van der Waals surface area contributed by atoms with E-state index in [2.05, 4.69) is 57.7 Å². The Morgan fingerprint density at radius 1 is 1.30 bits per heavy atom. The summed E-state index contributed by atoms with van der Waals surface area (Å²) in [5.74, 6) is 0.754. The van der Waals surface area contributed by atoms with Crippen molar-refractivity contribution in [1.29, 1.82) is 0 Å². The number of rotatable bonds is 7. The Hall–Kier alpha value is -2.49. The van der Waals surface area contributed by atoms with E-state index >= 15 is 0 Å². The van der Waals surface area contributed by atoms with E-state index in [0.29, 0.717) is 6.04 Å². The predicted octanol–water partition coefficient (Wildman–Crippen LogP) is 2.86. The second kappa shape index (κ2) is 9.04.